The second kappa shape index (κ2) is 6.71. The van der Waals surface area contributed by atoms with E-state index in [0.29, 0.717) is 24.4 Å². The van der Waals surface area contributed by atoms with Crippen LogP contribution in [0, 0.1) is 0 Å². The van der Waals surface area contributed by atoms with Crippen LogP contribution in [-0.4, -0.2) is 29.4 Å². The highest BCUT2D eigenvalue weighted by Gasteiger charge is 2.09. The zero-order valence-electron chi connectivity index (χ0n) is 9.65. The van der Waals surface area contributed by atoms with Crippen LogP contribution in [0.4, 0.5) is 0 Å². The van der Waals surface area contributed by atoms with Gasteiger partial charge in [-0.05, 0) is 17.7 Å². The molecule has 17 heavy (non-hydrogen) atoms. The molecule has 0 unspecified atom stereocenters. The summed E-state index contributed by atoms with van der Waals surface area (Å²) < 4.78 is 1.01. The van der Waals surface area contributed by atoms with E-state index in [4.69, 9.17) is 18.0 Å². The molecule has 0 bridgehead atoms. The minimum atomic E-state index is 0.0728. The van der Waals surface area contributed by atoms with E-state index in [1.54, 1.807) is 11.9 Å². The first-order chi connectivity index (χ1) is 7.99. The lowest BCUT2D eigenvalue weighted by Crippen LogP contribution is -2.31. The Labute approximate surface area is 115 Å². The standard InChI is InChI=1S/C12H15BrN2OS/c1-15(7-6-11(14)17)12(16)8-9-2-4-10(13)5-3-9/h2-5H,6-8H2,1H3,(H2,14,17). The summed E-state index contributed by atoms with van der Waals surface area (Å²) in [6.07, 6.45) is 0.971. The number of nitrogens with zero attached hydrogens (tertiary/aromatic N) is 1. The van der Waals surface area contributed by atoms with Crippen LogP contribution in [0.5, 0.6) is 0 Å². The fraction of sp³-hybridized carbons (Fsp3) is 0.333. The number of hydrogen-bond donors (Lipinski definition) is 1. The van der Waals surface area contributed by atoms with Gasteiger partial charge in [0.05, 0.1) is 11.4 Å². The average Bonchev–Trinajstić information content (AvgIpc) is 2.28. The molecular formula is C12H15BrN2OS. The van der Waals surface area contributed by atoms with Gasteiger partial charge in [0.2, 0.25) is 5.91 Å². The normalized spacial score (nSPS) is 10.0. The summed E-state index contributed by atoms with van der Waals surface area (Å²) in [4.78, 5) is 13.9. The van der Waals surface area contributed by atoms with Gasteiger partial charge in [0.1, 0.15) is 0 Å². The molecule has 0 fully saturated rings. The molecule has 0 atom stereocenters. The Bertz CT molecular complexity index is 405. The molecule has 92 valence electrons. The van der Waals surface area contributed by atoms with Gasteiger partial charge in [0.15, 0.2) is 0 Å². The van der Waals surface area contributed by atoms with E-state index >= 15 is 0 Å². The lowest BCUT2D eigenvalue weighted by atomic mass is 10.1. The van der Waals surface area contributed by atoms with Gasteiger partial charge in [-0.25, -0.2) is 0 Å². The van der Waals surface area contributed by atoms with Gasteiger partial charge >= 0.3 is 0 Å². The van der Waals surface area contributed by atoms with Crippen LogP contribution in [0.2, 0.25) is 0 Å². The quantitative estimate of drug-likeness (QED) is 0.847. The smallest absolute Gasteiger partial charge is 0.226 e. The Hall–Kier alpha value is -0.940. The number of amides is 1. The highest BCUT2D eigenvalue weighted by atomic mass is 79.9. The van der Waals surface area contributed by atoms with Crippen LogP contribution in [-0.2, 0) is 11.2 Å². The predicted octanol–water partition coefficient (Wildman–Crippen LogP) is 2.13. The highest BCUT2D eigenvalue weighted by molar-refractivity contribution is 9.10. The molecule has 0 spiro atoms. The van der Waals surface area contributed by atoms with Gasteiger partial charge in [-0.1, -0.05) is 40.3 Å². The number of benzene rings is 1. The second-order valence-electron chi connectivity index (χ2n) is 3.83. The van der Waals surface area contributed by atoms with Crippen molar-refractivity contribution in [3.05, 3.63) is 34.3 Å². The Morgan fingerprint density at radius 2 is 2.00 bits per heavy atom. The molecule has 2 N–H and O–H groups in total. The van der Waals surface area contributed by atoms with E-state index in [-0.39, 0.29) is 5.91 Å². The van der Waals surface area contributed by atoms with Crippen LogP contribution >= 0.6 is 28.1 Å². The van der Waals surface area contributed by atoms with Crippen LogP contribution in [0.1, 0.15) is 12.0 Å². The van der Waals surface area contributed by atoms with E-state index in [0.717, 1.165) is 10.0 Å². The molecule has 1 amide bonds. The zero-order chi connectivity index (χ0) is 12.8. The summed E-state index contributed by atoms with van der Waals surface area (Å²) in [6, 6.07) is 7.72. The molecule has 0 saturated carbocycles. The molecule has 0 aliphatic carbocycles. The van der Waals surface area contributed by atoms with Crippen LogP contribution in [0.15, 0.2) is 28.7 Å². The first kappa shape index (κ1) is 14.1. The maximum Gasteiger partial charge on any atom is 0.226 e. The molecular weight excluding hydrogens is 300 g/mol. The fourth-order valence-corrected chi connectivity index (χ4v) is 1.67. The van der Waals surface area contributed by atoms with E-state index < -0.39 is 0 Å². The van der Waals surface area contributed by atoms with E-state index in [1.807, 2.05) is 24.3 Å². The van der Waals surface area contributed by atoms with E-state index in [9.17, 15) is 4.79 Å². The molecule has 0 saturated heterocycles. The summed E-state index contributed by atoms with van der Waals surface area (Å²) in [7, 11) is 1.76. The fourth-order valence-electron chi connectivity index (χ4n) is 1.31. The van der Waals surface area contributed by atoms with Crippen molar-refractivity contribution in [3.63, 3.8) is 0 Å². The lowest BCUT2D eigenvalue weighted by molar-refractivity contribution is -0.129. The zero-order valence-corrected chi connectivity index (χ0v) is 12.1. The van der Waals surface area contributed by atoms with Gasteiger partial charge < -0.3 is 10.6 Å². The number of likely N-dealkylation sites (N-methyl/N-ethyl adjacent to an activating group) is 1. The van der Waals surface area contributed by atoms with Gasteiger partial charge in [0.25, 0.3) is 0 Å². The number of thiocarbonyl (C=S) groups is 1. The van der Waals surface area contributed by atoms with Gasteiger partial charge in [0, 0.05) is 24.5 Å². The first-order valence-corrected chi connectivity index (χ1v) is 6.46. The number of carbonyl (C=O) groups excluding carboxylic acids is 1. The van der Waals surface area contributed by atoms with Crippen molar-refractivity contribution in [2.45, 2.75) is 12.8 Å². The monoisotopic (exact) mass is 314 g/mol. The SMILES string of the molecule is CN(CCC(N)=S)C(=O)Cc1ccc(Br)cc1. The largest absolute Gasteiger partial charge is 0.393 e. The lowest BCUT2D eigenvalue weighted by Gasteiger charge is -2.16. The minimum Gasteiger partial charge on any atom is -0.393 e. The average molecular weight is 315 g/mol. The van der Waals surface area contributed by atoms with Crippen molar-refractivity contribution < 1.29 is 4.79 Å². The molecule has 5 heteroatoms. The second-order valence-corrected chi connectivity index (χ2v) is 5.27. The number of carbonyl (C=O) groups is 1. The van der Waals surface area contributed by atoms with Crippen LogP contribution in [0.3, 0.4) is 0 Å². The van der Waals surface area contributed by atoms with Gasteiger partial charge in [-0.15, -0.1) is 0 Å². The van der Waals surface area contributed by atoms with Crippen LogP contribution in [0.25, 0.3) is 0 Å². The van der Waals surface area contributed by atoms with Crippen molar-refractivity contribution >= 4 is 39.0 Å². The van der Waals surface area contributed by atoms with Crippen molar-refractivity contribution in [3.8, 4) is 0 Å². The number of hydrogen-bond acceptors (Lipinski definition) is 2. The number of halogens is 1. The summed E-state index contributed by atoms with van der Waals surface area (Å²) >= 11 is 8.14. The molecule has 0 heterocycles. The minimum absolute atomic E-state index is 0.0728. The molecule has 3 nitrogen and oxygen atoms in total. The maximum absolute atomic E-state index is 11.8. The van der Waals surface area contributed by atoms with Crippen molar-refractivity contribution in [1.82, 2.24) is 4.90 Å². The van der Waals surface area contributed by atoms with Crippen molar-refractivity contribution in [2.24, 2.45) is 5.73 Å². The van der Waals surface area contributed by atoms with Crippen LogP contribution < -0.4 is 5.73 Å². The first-order valence-electron chi connectivity index (χ1n) is 5.25. The number of nitrogens with two attached hydrogens (primary N) is 1. The summed E-state index contributed by atoms with van der Waals surface area (Å²) in [6.45, 7) is 0.574. The Balaban J connectivity index is 2.48. The molecule has 0 aliphatic rings. The third kappa shape index (κ3) is 5.28. The Kier molecular flexibility index (Phi) is 5.58. The van der Waals surface area contributed by atoms with Crippen molar-refractivity contribution in [1.29, 1.82) is 0 Å². The molecule has 1 rings (SSSR count). The highest BCUT2D eigenvalue weighted by Crippen LogP contribution is 2.11. The topological polar surface area (TPSA) is 46.3 Å². The summed E-state index contributed by atoms with van der Waals surface area (Å²) in [5, 5.41) is 0. The Morgan fingerprint density at radius 1 is 1.41 bits per heavy atom. The van der Waals surface area contributed by atoms with Crippen molar-refractivity contribution in [2.75, 3.05) is 13.6 Å². The third-order valence-corrected chi connectivity index (χ3v) is 3.12. The summed E-state index contributed by atoms with van der Waals surface area (Å²) in [5.41, 5.74) is 6.40. The van der Waals surface area contributed by atoms with Gasteiger partial charge in [-0.2, -0.15) is 0 Å². The molecule has 0 aromatic heterocycles. The number of rotatable bonds is 5. The molecule has 0 radical (unpaired) electrons. The Morgan fingerprint density at radius 3 is 2.53 bits per heavy atom. The molecule has 0 aliphatic heterocycles. The summed E-state index contributed by atoms with van der Waals surface area (Å²) in [5.74, 6) is 0.0728. The maximum atomic E-state index is 11.8. The van der Waals surface area contributed by atoms with E-state index in [1.165, 1.54) is 0 Å². The predicted molar refractivity (Wildman–Crippen MR) is 76.9 cm³/mol. The molecule has 1 aromatic rings. The van der Waals surface area contributed by atoms with Gasteiger partial charge in [-0.3, -0.25) is 4.79 Å². The third-order valence-electron chi connectivity index (χ3n) is 2.39. The van der Waals surface area contributed by atoms with E-state index in [2.05, 4.69) is 15.9 Å². The molecule has 1 aromatic carbocycles.